The third-order valence-corrected chi connectivity index (χ3v) is 5.58. The number of carbonyl (C=O) groups excluding carboxylic acids is 1. The Balaban J connectivity index is 1.25. The molecule has 0 fully saturated rings. The standard InChI is InChI=1S/C18H21N3O2S2/c22-16(10-9-14-6-4-12-24-14)19-11-3-1-2-8-17-20-18(21-23-17)15-7-5-13-25-15/h4-7,12-13H,1-3,8-11H2,(H,19,22). The van der Waals surface area contributed by atoms with Crippen LogP contribution in [0.5, 0.6) is 0 Å². The number of unbranched alkanes of at least 4 members (excludes halogenated alkanes) is 2. The molecule has 132 valence electrons. The maximum absolute atomic E-state index is 11.8. The Morgan fingerprint density at radius 2 is 1.96 bits per heavy atom. The molecule has 0 radical (unpaired) electrons. The predicted molar refractivity (Wildman–Crippen MR) is 101 cm³/mol. The Bertz CT molecular complexity index is 751. The number of carbonyl (C=O) groups is 1. The smallest absolute Gasteiger partial charge is 0.226 e. The van der Waals surface area contributed by atoms with Crippen LogP contribution in [0.25, 0.3) is 10.7 Å². The summed E-state index contributed by atoms with van der Waals surface area (Å²) in [6.07, 6.45) is 5.15. The maximum Gasteiger partial charge on any atom is 0.226 e. The highest BCUT2D eigenvalue weighted by atomic mass is 32.1. The molecule has 1 N–H and O–H groups in total. The van der Waals surface area contributed by atoms with Gasteiger partial charge in [0.1, 0.15) is 0 Å². The van der Waals surface area contributed by atoms with E-state index in [2.05, 4.69) is 21.5 Å². The first-order chi connectivity index (χ1) is 12.3. The van der Waals surface area contributed by atoms with Gasteiger partial charge in [0.2, 0.25) is 17.6 Å². The van der Waals surface area contributed by atoms with Crippen LogP contribution >= 0.6 is 22.7 Å². The second-order valence-electron chi connectivity index (χ2n) is 5.73. The molecule has 0 atom stereocenters. The van der Waals surface area contributed by atoms with Crippen molar-refractivity contribution in [3.63, 3.8) is 0 Å². The Morgan fingerprint density at radius 1 is 1.08 bits per heavy atom. The zero-order valence-corrected chi connectivity index (χ0v) is 15.6. The highest BCUT2D eigenvalue weighted by Gasteiger charge is 2.09. The van der Waals surface area contributed by atoms with Crippen LogP contribution in [0.2, 0.25) is 0 Å². The van der Waals surface area contributed by atoms with Crippen molar-refractivity contribution in [2.45, 2.75) is 38.5 Å². The lowest BCUT2D eigenvalue weighted by Gasteiger charge is -2.04. The van der Waals surface area contributed by atoms with Gasteiger partial charge < -0.3 is 9.84 Å². The van der Waals surface area contributed by atoms with Crippen LogP contribution in [0.15, 0.2) is 39.5 Å². The van der Waals surface area contributed by atoms with Crippen molar-refractivity contribution in [2.24, 2.45) is 0 Å². The molecule has 0 saturated heterocycles. The van der Waals surface area contributed by atoms with Crippen molar-refractivity contribution in [2.75, 3.05) is 6.54 Å². The molecule has 0 unspecified atom stereocenters. The topological polar surface area (TPSA) is 68.0 Å². The highest BCUT2D eigenvalue weighted by Crippen LogP contribution is 2.21. The SMILES string of the molecule is O=C(CCc1cccs1)NCCCCCc1nc(-c2cccs2)no1. The molecule has 0 aliphatic rings. The second-order valence-corrected chi connectivity index (χ2v) is 7.71. The molecule has 0 saturated carbocycles. The van der Waals surface area contributed by atoms with Gasteiger partial charge in [0, 0.05) is 24.3 Å². The van der Waals surface area contributed by atoms with Gasteiger partial charge in [-0.1, -0.05) is 23.7 Å². The number of hydrogen-bond acceptors (Lipinski definition) is 6. The van der Waals surface area contributed by atoms with E-state index in [1.54, 1.807) is 22.7 Å². The first-order valence-corrected chi connectivity index (χ1v) is 10.2. The maximum atomic E-state index is 11.8. The van der Waals surface area contributed by atoms with E-state index in [1.165, 1.54) is 4.88 Å². The van der Waals surface area contributed by atoms with Gasteiger partial charge in [0.15, 0.2) is 0 Å². The molecule has 25 heavy (non-hydrogen) atoms. The summed E-state index contributed by atoms with van der Waals surface area (Å²) in [7, 11) is 0. The van der Waals surface area contributed by atoms with E-state index in [1.807, 2.05) is 29.0 Å². The Labute approximate surface area is 155 Å². The summed E-state index contributed by atoms with van der Waals surface area (Å²) in [5.74, 6) is 1.48. The van der Waals surface area contributed by atoms with Crippen molar-refractivity contribution in [3.05, 3.63) is 45.8 Å². The number of aryl methyl sites for hydroxylation is 2. The lowest BCUT2D eigenvalue weighted by molar-refractivity contribution is -0.121. The van der Waals surface area contributed by atoms with Crippen LogP contribution < -0.4 is 5.32 Å². The van der Waals surface area contributed by atoms with Crippen LogP contribution in [0, 0.1) is 0 Å². The minimum absolute atomic E-state index is 0.130. The molecule has 0 aliphatic heterocycles. The van der Waals surface area contributed by atoms with E-state index in [0.717, 1.165) is 43.5 Å². The molecule has 5 nitrogen and oxygen atoms in total. The van der Waals surface area contributed by atoms with Crippen molar-refractivity contribution in [1.29, 1.82) is 0 Å². The van der Waals surface area contributed by atoms with Gasteiger partial charge >= 0.3 is 0 Å². The summed E-state index contributed by atoms with van der Waals surface area (Å²) in [6, 6.07) is 8.05. The Hall–Kier alpha value is -1.99. The normalized spacial score (nSPS) is 10.9. The van der Waals surface area contributed by atoms with Gasteiger partial charge in [0.25, 0.3) is 0 Å². The van der Waals surface area contributed by atoms with E-state index in [-0.39, 0.29) is 5.91 Å². The molecule has 3 heterocycles. The zero-order valence-electron chi connectivity index (χ0n) is 13.9. The summed E-state index contributed by atoms with van der Waals surface area (Å²) >= 11 is 3.30. The molecular weight excluding hydrogens is 354 g/mol. The first-order valence-electron chi connectivity index (χ1n) is 8.47. The van der Waals surface area contributed by atoms with Crippen molar-refractivity contribution in [1.82, 2.24) is 15.5 Å². The van der Waals surface area contributed by atoms with Crippen molar-refractivity contribution < 1.29 is 9.32 Å². The summed E-state index contributed by atoms with van der Waals surface area (Å²) in [5.41, 5.74) is 0. The van der Waals surface area contributed by atoms with Crippen LogP contribution in [0.3, 0.4) is 0 Å². The molecule has 1 amide bonds. The molecule has 0 aromatic carbocycles. The van der Waals surface area contributed by atoms with Gasteiger partial charge in [-0.05, 0) is 42.2 Å². The number of thiophene rings is 2. The van der Waals surface area contributed by atoms with E-state index < -0.39 is 0 Å². The zero-order chi connectivity index (χ0) is 17.3. The minimum Gasteiger partial charge on any atom is -0.356 e. The van der Waals surface area contributed by atoms with Crippen LogP contribution in [0.1, 0.15) is 36.5 Å². The first kappa shape index (κ1) is 17.8. The molecule has 0 bridgehead atoms. The average molecular weight is 376 g/mol. The second kappa shape index (κ2) is 9.48. The fourth-order valence-corrected chi connectivity index (χ4v) is 3.81. The van der Waals surface area contributed by atoms with Crippen LogP contribution in [0.4, 0.5) is 0 Å². The van der Waals surface area contributed by atoms with Crippen molar-refractivity contribution in [3.8, 4) is 10.7 Å². The summed E-state index contributed by atoms with van der Waals surface area (Å²) in [6.45, 7) is 0.730. The molecule has 0 aliphatic carbocycles. The summed E-state index contributed by atoms with van der Waals surface area (Å²) in [5, 5.41) is 11.0. The fourth-order valence-electron chi connectivity index (χ4n) is 2.45. The van der Waals surface area contributed by atoms with Gasteiger partial charge in [-0.25, -0.2) is 0 Å². The Kier molecular flexibility index (Phi) is 6.76. The predicted octanol–water partition coefficient (Wildman–Crippen LogP) is 4.32. The largest absolute Gasteiger partial charge is 0.356 e. The molecular formula is C18H21N3O2S2. The van der Waals surface area contributed by atoms with E-state index in [9.17, 15) is 4.79 Å². The number of nitrogens with one attached hydrogen (secondary N) is 1. The lowest BCUT2D eigenvalue weighted by Crippen LogP contribution is -2.24. The molecule has 0 spiro atoms. The van der Waals surface area contributed by atoms with E-state index >= 15 is 0 Å². The molecule has 3 aromatic rings. The molecule has 3 rings (SSSR count). The third kappa shape index (κ3) is 5.79. The quantitative estimate of drug-likeness (QED) is 0.536. The van der Waals surface area contributed by atoms with Gasteiger partial charge in [-0.2, -0.15) is 4.98 Å². The van der Waals surface area contributed by atoms with Gasteiger partial charge in [-0.15, -0.1) is 22.7 Å². The van der Waals surface area contributed by atoms with Gasteiger partial charge in [-0.3, -0.25) is 4.79 Å². The summed E-state index contributed by atoms with van der Waals surface area (Å²) in [4.78, 5) is 18.5. The Morgan fingerprint density at radius 3 is 2.76 bits per heavy atom. The third-order valence-electron chi connectivity index (χ3n) is 3.78. The number of rotatable bonds is 10. The fraction of sp³-hybridized carbons (Fsp3) is 0.389. The highest BCUT2D eigenvalue weighted by molar-refractivity contribution is 7.13. The molecule has 7 heteroatoms. The number of nitrogens with zero attached hydrogens (tertiary/aromatic N) is 2. The van der Waals surface area contributed by atoms with Crippen LogP contribution in [-0.2, 0) is 17.6 Å². The number of aromatic nitrogens is 2. The lowest BCUT2D eigenvalue weighted by atomic mass is 10.2. The van der Waals surface area contributed by atoms with Gasteiger partial charge in [0.05, 0.1) is 4.88 Å². The number of amides is 1. The van der Waals surface area contributed by atoms with Crippen molar-refractivity contribution >= 4 is 28.6 Å². The number of hydrogen-bond donors (Lipinski definition) is 1. The molecule has 3 aromatic heterocycles. The van der Waals surface area contributed by atoms with E-state index in [0.29, 0.717) is 18.1 Å². The van der Waals surface area contributed by atoms with Crippen LogP contribution in [-0.4, -0.2) is 22.6 Å². The average Bonchev–Trinajstić information content (AvgIpc) is 3.38. The minimum atomic E-state index is 0.130. The monoisotopic (exact) mass is 375 g/mol. The van der Waals surface area contributed by atoms with E-state index in [4.69, 9.17) is 4.52 Å². The summed E-state index contributed by atoms with van der Waals surface area (Å²) < 4.78 is 5.28.